The molecule has 1 amide bonds. The van der Waals surface area contributed by atoms with Crippen LogP contribution in [0.15, 0.2) is 48.5 Å². The molecule has 0 aromatic heterocycles. The Kier molecular flexibility index (Phi) is 3.24. The van der Waals surface area contributed by atoms with Gasteiger partial charge in [-0.05, 0) is 29.2 Å². The first-order valence-electron chi connectivity index (χ1n) is 5.60. The number of carbonyl (C=O) groups is 1. The molecule has 0 fully saturated rings. The van der Waals surface area contributed by atoms with Gasteiger partial charge in [-0.1, -0.05) is 48.5 Å². The van der Waals surface area contributed by atoms with Gasteiger partial charge in [0, 0.05) is 0 Å². The molecule has 2 nitrogen and oxygen atoms in total. The maximum Gasteiger partial charge on any atom is 0.221 e. The van der Waals surface area contributed by atoms with Gasteiger partial charge in [-0.25, -0.2) is 0 Å². The fraction of sp³-hybridized carbons (Fsp3) is 0.133. The second kappa shape index (κ2) is 4.83. The largest absolute Gasteiger partial charge is 0.369 e. The zero-order chi connectivity index (χ0) is 12.3. The number of benzene rings is 2. The Morgan fingerprint density at radius 2 is 1.88 bits per heavy atom. The number of carbonyl (C=O) groups excluding carboxylic acids is 1. The topological polar surface area (TPSA) is 43.1 Å². The quantitative estimate of drug-likeness (QED) is 0.857. The number of aryl methyl sites for hydroxylation is 1. The summed E-state index contributed by atoms with van der Waals surface area (Å²) in [5.74, 6) is -0.299. The number of hydrogen-bond acceptors (Lipinski definition) is 1. The Morgan fingerprint density at radius 3 is 2.59 bits per heavy atom. The average molecular weight is 225 g/mol. The van der Waals surface area contributed by atoms with Crippen LogP contribution in [-0.4, -0.2) is 5.91 Å². The van der Waals surface area contributed by atoms with Crippen molar-refractivity contribution >= 4 is 5.91 Å². The van der Waals surface area contributed by atoms with E-state index in [1.807, 2.05) is 36.4 Å². The molecule has 0 aliphatic rings. The Labute approximate surface area is 101 Å². The molecule has 2 aromatic rings. The molecule has 0 heterocycles. The van der Waals surface area contributed by atoms with Gasteiger partial charge in [0.2, 0.25) is 5.91 Å². The second-order valence-electron chi connectivity index (χ2n) is 4.16. The zero-order valence-electron chi connectivity index (χ0n) is 9.81. The Balaban J connectivity index is 2.40. The van der Waals surface area contributed by atoms with Gasteiger partial charge in [0.1, 0.15) is 0 Å². The number of hydrogen-bond donors (Lipinski definition) is 1. The molecule has 0 saturated carbocycles. The van der Waals surface area contributed by atoms with Gasteiger partial charge in [0.25, 0.3) is 0 Å². The lowest BCUT2D eigenvalue weighted by Crippen LogP contribution is -2.13. The van der Waals surface area contributed by atoms with E-state index in [9.17, 15) is 4.79 Å². The third-order valence-corrected chi connectivity index (χ3v) is 2.76. The van der Waals surface area contributed by atoms with E-state index in [4.69, 9.17) is 5.73 Å². The van der Waals surface area contributed by atoms with Crippen molar-refractivity contribution in [3.63, 3.8) is 0 Å². The first-order valence-corrected chi connectivity index (χ1v) is 5.60. The molecule has 0 aliphatic heterocycles. The van der Waals surface area contributed by atoms with E-state index < -0.39 is 0 Å². The summed E-state index contributed by atoms with van der Waals surface area (Å²) in [6.07, 6.45) is 0.291. The lowest BCUT2D eigenvalue weighted by atomic mass is 9.98. The predicted octanol–water partition coefficient (Wildman–Crippen LogP) is 2.69. The van der Waals surface area contributed by atoms with Crippen molar-refractivity contribution < 1.29 is 4.79 Å². The molecular weight excluding hydrogens is 210 g/mol. The van der Waals surface area contributed by atoms with Gasteiger partial charge in [0.05, 0.1) is 6.42 Å². The van der Waals surface area contributed by atoms with Crippen molar-refractivity contribution in [2.75, 3.05) is 0 Å². The normalized spacial score (nSPS) is 10.2. The van der Waals surface area contributed by atoms with Crippen LogP contribution in [0.4, 0.5) is 0 Å². The Morgan fingerprint density at radius 1 is 1.12 bits per heavy atom. The SMILES string of the molecule is Cc1ccccc1-c1cccc(CC(N)=O)c1. The van der Waals surface area contributed by atoms with Crippen LogP contribution >= 0.6 is 0 Å². The van der Waals surface area contributed by atoms with Gasteiger partial charge in [0.15, 0.2) is 0 Å². The van der Waals surface area contributed by atoms with E-state index in [2.05, 4.69) is 19.1 Å². The average Bonchev–Trinajstić information content (AvgIpc) is 2.29. The summed E-state index contributed by atoms with van der Waals surface area (Å²) in [5.41, 5.74) is 9.71. The monoisotopic (exact) mass is 225 g/mol. The van der Waals surface area contributed by atoms with Gasteiger partial charge >= 0.3 is 0 Å². The molecule has 2 aromatic carbocycles. The maximum atomic E-state index is 10.9. The molecule has 17 heavy (non-hydrogen) atoms. The molecule has 0 saturated heterocycles. The first kappa shape index (κ1) is 11.4. The highest BCUT2D eigenvalue weighted by Crippen LogP contribution is 2.23. The summed E-state index contributed by atoms with van der Waals surface area (Å²) in [4.78, 5) is 10.9. The summed E-state index contributed by atoms with van der Waals surface area (Å²) in [6, 6.07) is 16.1. The molecule has 2 heteroatoms. The maximum absolute atomic E-state index is 10.9. The predicted molar refractivity (Wildman–Crippen MR) is 69.5 cm³/mol. The van der Waals surface area contributed by atoms with Crippen LogP contribution in [0.2, 0.25) is 0 Å². The fourth-order valence-electron chi connectivity index (χ4n) is 1.95. The number of rotatable bonds is 3. The molecule has 2 rings (SSSR count). The van der Waals surface area contributed by atoms with Crippen LogP contribution in [-0.2, 0) is 11.2 Å². The summed E-state index contributed by atoms with van der Waals surface area (Å²) in [7, 11) is 0. The summed E-state index contributed by atoms with van der Waals surface area (Å²) in [6.45, 7) is 2.08. The molecular formula is C15H15NO. The van der Waals surface area contributed by atoms with Crippen molar-refractivity contribution in [2.24, 2.45) is 5.73 Å². The lowest BCUT2D eigenvalue weighted by molar-refractivity contribution is -0.117. The fourth-order valence-corrected chi connectivity index (χ4v) is 1.95. The van der Waals surface area contributed by atoms with E-state index in [1.54, 1.807) is 0 Å². The van der Waals surface area contributed by atoms with Crippen molar-refractivity contribution in [3.05, 3.63) is 59.7 Å². The lowest BCUT2D eigenvalue weighted by Gasteiger charge is -2.07. The van der Waals surface area contributed by atoms with Crippen LogP contribution < -0.4 is 5.73 Å². The first-order chi connectivity index (χ1) is 8.16. The molecule has 2 N–H and O–H groups in total. The highest BCUT2D eigenvalue weighted by atomic mass is 16.1. The summed E-state index contributed by atoms with van der Waals surface area (Å²) < 4.78 is 0. The van der Waals surface area contributed by atoms with Crippen molar-refractivity contribution in [1.29, 1.82) is 0 Å². The number of primary amides is 1. The summed E-state index contributed by atoms with van der Waals surface area (Å²) >= 11 is 0. The van der Waals surface area contributed by atoms with Crippen LogP contribution in [0.5, 0.6) is 0 Å². The smallest absolute Gasteiger partial charge is 0.221 e. The number of amides is 1. The van der Waals surface area contributed by atoms with Crippen molar-refractivity contribution in [3.8, 4) is 11.1 Å². The van der Waals surface area contributed by atoms with Crippen molar-refractivity contribution in [1.82, 2.24) is 0 Å². The standard InChI is InChI=1S/C15H15NO/c1-11-5-2-3-8-14(11)13-7-4-6-12(9-13)10-15(16)17/h2-9H,10H2,1H3,(H2,16,17). The Hall–Kier alpha value is -2.09. The molecule has 0 atom stereocenters. The van der Waals surface area contributed by atoms with Crippen molar-refractivity contribution in [2.45, 2.75) is 13.3 Å². The van der Waals surface area contributed by atoms with E-state index in [0.29, 0.717) is 6.42 Å². The zero-order valence-corrected chi connectivity index (χ0v) is 9.81. The van der Waals surface area contributed by atoms with Crippen LogP contribution in [0.3, 0.4) is 0 Å². The minimum absolute atomic E-state index is 0.291. The minimum Gasteiger partial charge on any atom is -0.369 e. The van der Waals surface area contributed by atoms with Gasteiger partial charge in [-0.2, -0.15) is 0 Å². The molecule has 0 radical (unpaired) electrons. The molecule has 0 unspecified atom stereocenters. The Bertz CT molecular complexity index is 546. The van der Waals surface area contributed by atoms with Crippen LogP contribution in [0.25, 0.3) is 11.1 Å². The van der Waals surface area contributed by atoms with E-state index in [1.165, 1.54) is 11.1 Å². The minimum atomic E-state index is -0.299. The van der Waals surface area contributed by atoms with Gasteiger partial charge < -0.3 is 5.73 Å². The highest BCUT2D eigenvalue weighted by molar-refractivity contribution is 5.77. The molecule has 0 spiro atoms. The second-order valence-corrected chi connectivity index (χ2v) is 4.16. The summed E-state index contributed by atoms with van der Waals surface area (Å²) in [5, 5.41) is 0. The molecule has 86 valence electrons. The third-order valence-electron chi connectivity index (χ3n) is 2.76. The van der Waals surface area contributed by atoms with E-state index >= 15 is 0 Å². The van der Waals surface area contributed by atoms with Crippen LogP contribution in [0, 0.1) is 6.92 Å². The van der Waals surface area contributed by atoms with E-state index in [0.717, 1.165) is 11.1 Å². The van der Waals surface area contributed by atoms with E-state index in [-0.39, 0.29) is 5.91 Å². The number of nitrogens with two attached hydrogens (primary N) is 1. The molecule has 0 bridgehead atoms. The van der Waals surface area contributed by atoms with Gasteiger partial charge in [-0.3, -0.25) is 4.79 Å². The highest BCUT2D eigenvalue weighted by Gasteiger charge is 2.03. The molecule has 0 aliphatic carbocycles. The van der Waals surface area contributed by atoms with Gasteiger partial charge in [-0.15, -0.1) is 0 Å². The third kappa shape index (κ3) is 2.72. The van der Waals surface area contributed by atoms with Crippen LogP contribution in [0.1, 0.15) is 11.1 Å².